The zero-order valence-corrected chi connectivity index (χ0v) is 13.6. The number of carbonyl (C=O) groups is 1. The molecule has 0 aliphatic carbocycles. The molecule has 0 bridgehead atoms. The second kappa shape index (κ2) is 8.00. The van der Waals surface area contributed by atoms with Crippen molar-refractivity contribution in [1.29, 1.82) is 0 Å². The first-order valence-electron chi connectivity index (χ1n) is 6.86. The van der Waals surface area contributed by atoms with Crippen LogP contribution in [0.2, 0.25) is 0 Å². The molecule has 2 aromatic heterocycles. The predicted molar refractivity (Wildman–Crippen MR) is 94.3 cm³/mol. The summed E-state index contributed by atoms with van der Waals surface area (Å²) < 4.78 is 0. The zero-order chi connectivity index (χ0) is 16.7. The van der Waals surface area contributed by atoms with E-state index in [1.165, 1.54) is 23.7 Å². The largest absolute Gasteiger partial charge is 0.350 e. The van der Waals surface area contributed by atoms with E-state index in [2.05, 4.69) is 38.8 Å². The number of carbonyl (C=O) groups excluding carboxylic acids is 1. The highest BCUT2D eigenvalue weighted by atomic mass is 32.1. The van der Waals surface area contributed by atoms with E-state index in [1.54, 1.807) is 12.4 Å². The average Bonchev–Trinajstić information content (AvgIpc) is 2.89. The molecule has 0 unspecified atom stereocenters. The number of aromatic nitrogens is 2. The summed E-state index contributed by atoms with van der Waals surface area (Å²) in [4.78, 5) is 24.7. The molecule has 1 amide bonds. The molecule has 0 saturated heterocycles. The highest BCUT2D eigenvalue weighted by molar-refractivity contribution is 7.19. The first-order valence-corrected chi connectivity index (χ1v) is 7.68. The Morgan fingerprint density at radius 2 is 2.30 bits per heavy atom. The smallest absolute Gasteiger partial charge is 0.232 e. The van der Waals surface area contributed by atoms with Crippen LogP contribution in [0.4, 0.5) is 5.00 Å². The maximum atomic E-state index is 12.1. The quantitative estimate of drug-likeness (QED) is 0.631. The summed E-state index contributed by atoms with van der Waals surface area (Å²) in [5.74, 6) is 0.284. The Labute approximate surface area is 138 Å². The Bertz CT molecular complexity index is 736. The van der Waals surface area contributed by atoms with E-state index in [-0.39, 0.29) is 12.3 Å². The van der Waals surface area contributed by atoms with E-state index in [4.69, 9.17) is 0 Å². The molecule has 23 heavy (non-hydrogen) atoms. The topological polar surface area (TPSA) is 79.3 Å². The minimum absolute atomic E-state index is 0.0948. The molecule has 0 radical (unpaired) electrons. The van der Waals surface area contributed by atoms with E-state index >= 15 is 0 Å². The Morgan fingerprint density at radius 1 is 1.48 bits per heavy atom. The number of nitrogens with one attached hydrogen (secondary N) is 2. The van der Waals surface area contributed by atoms with Crippen LogP contribution in [-0.4, -0.2) is 21.7 Å². The van der Waals surface area contributed by atoms with E-state index in [1.807, 2.05) is 19.1 Å². The molecule has 0 fully saturated rings. The van der Waals surface area contributed by atoms with Crippen molar-refractivity contribution in [3.63, 3.8) is 0 Å². The SMILES string of the molecule is C=CN=C(CC(=O)Nc1sc(-c2cccnc2)nc1C)NC=C. The first-order chi connectivity index (χ1) is 11.1. The van der Waals surface area contributed by atoms with Gasteiger partial charge in [-0.3, -0.25) is 9.78 Å². The average molecular weight is 327 g/mol. The lowest BCUT2D eigenvalue weighted by Crippen LogP contribution is -2.24. The number of pyridine rings is 1. The summed E-state index contributed by atoms with van der Waals surface area (Å²) in [6.45, 7) is 8.92. The molecule has 2 rings (SSSR count). The van der Waals surface area contributed by atoms with E-state index in [0.717, 1.165) is 16.3 Å². The van der Waals surface area contributed by atoms with Crippen molar-refractivity contribution < 1.29 is 4.79 Å². The molecule has 0 atom stereocenters. The molecule has 0 saturated carbocycles. The number of anilines is 1. The third-order valence-corrected chi connectivity index (χ3v) is 3.92. The van der Waals surface area contributed by atoms with Crippen LogP contribution in [-0.2, 0) is 4.79 Å². The minimum Gasteiger partial charge on any atom is -0.350 e. The highest BCUT2D eigenvalue weighted by Crippen LogP contribution is 2.31. The van der Waals surface area contributed by atoms with Crippen LogP contribution < -0.4 is 10.6 Å². The Kier molecular flexibility index (Phi) is 5.76. The molecule has 2 heterocycles. The molecule has 7 heteroatoms. The van der Waals surface area contributed by atoms with Crippen LogP contribution in [0.15, 0.2) is 55.1 Å². The fourth-order valence-electron chi connectivity index (χ4n) is 1.81. The molecule has 0 aliphatic rings. The Balaban J connectivity index is 2.10. The lowest BCUT2D eigenvalue weighted by molar-refractivity contribution is -0.115. The summed E-state index contributed by atoms with van der Waals surface area (Å²) in [6, 6.07) is 3.78. The third kappa shape index (κ3) is 4.58. The molecule has 118 valence electrons. The van der Waals surface area contributed by atoms with E-state index < -0.39 is 0 Å². The molecule has 0 aromatic carbocycles. The zero-order valence-electron chi connectivity index (χ0n) is 12.7. The highest BCUT2D eigenvalue weighted by Gasteiger charge is 2.13. The third-order valence-electron chi connectivity index (χ3n) is 2.80. The van der Waals surface area contributed by atoms with Gasteiger partial charge >= 0.3 is 0 Å². The maximum Gasteiger partial charge on any atom is 0.232 e. The normalized spacial score (nSPS) is 10.9. The number of rotatable bonds is 6. The summed E-state index contributed by atoms with van der Waals surface area (Å²) in [6.07, 6.45) is 6.38. The van der Waals surface area contributed by atoms with Crippen molar-refractivity contribution in [2.45, 2.75) is 13.3 Å². The Hall–Kier alpha value is -2.80. The van der Waals surface area contributed by atoms with Gasteiger partial charge in [-0.15, -0.1) is 0 Å². The van der Waals surface area contributed by atoms with Crippen molar-refractivity contribution >= 4 is 28.1 Å². The van der Waals surface area contributed by atoms with Crippen molar-refractivity contribution in [3.8, 4) is 10.6 Å². The number of amides is 1. The fraction of sp³-hybridized carbons (Fsp3) is 0.125. The standard InChI is InChI=1S/C16H17N5OS/c1-4-18-13(19-5-2)9-14(22)21-15-11(3)20-16(23-15)12-7-6-8-17-10-12/h4-8,10H,1-2,9H2,3H3,(H,18,19)(H,21,22). The monoisotopic (exact) mass is 327 g/mol. The van der Waals surface area contributed by atoms with Gasteiger partial charge in [0.25, 0.3) is 0 Å². The van der Waals surface area contributed by atoms with Gasteiger partial charge in [0.1, 0.15) is 15.8 Å². The second-order valence-electron chi connectivity index (χ2n) is 4.51. The molecular formula is C16H17N5OS. The van der Waals surface area contributed by atoms with Gasteiger partial charge in [-0.25, -0.2) is 9.98 Å². The first kappa shape index (κ1) is 16.6. The van der Waals surface area contributed by atoms with Crippen molar-refractivity contribution in [3.05, 3.63) is 55.8 Å². The van der Waals surface area contributed by atoms with Crippen LogP contribution in [0.25, 0.3) is 10.6 Å². The minimum atomic E-state index is -0.190. The number of thiazole rings is 1. The van der Waals surface area contributed by atoms with Crippen LogP contribution in [0, 0.1) is 6.92 Å². The van der Waals surface area contributed by atoms with Gasteiger partial charge in [0.05, 0.1) is 12.1 Å². The number of aliphatic imine (C=N–C) groups is 1. The molecule has 2 aromatic rings. The number of hydrogen-bond acceptors (Lipinski definition) is 5. The summed E-state index contributed by atoms with van der Waals surface area (Å²) >= 11 is 1.41. The molecule has 0 aliphatic heterocycles. The fourth-order valence-corrected chi connectivity index (χ4v) is 2.78. The van der Waals surface area contributed by atoms with Gasteiger partial charge in [0, 0.05) is 24.2 Å². The van der Waals surface area contributed by atoms with Crippen LogP contribution in [0.3, 0.4) is 0 Å². The van der Waals surface area contributed by atoms with Crippen LogP contribution in [0.1, 0.15) is 12.1 Å². The summed E-state index contributed by atoms with van der Waals surface area (Å²) in [5, 5.41) is 7.19. The van der Waals surface area contributed by atoms with Gasteiger partial charge in [0.2, 0.25) is 5.91 Å². The summed E-state index contributed by atoms with van der Waals surface area (Å²) in [5.41, 5.74) is 1.68. The number of hydrogen-bond donors (Lipinski definition) is 2. The molecule has 2 N–H and O–H groups in total. The van der Waals surface area contributed by atoms with E-state index in [9.17, 15) is 4.79 Å². The van der Waals surface area contributed by atoms with Crippen molar-refractivity contribution in [1.82, 2.24) is 15.3 Å². The molecular weight excluding hydrogens is 310 g/mol. The van der Waals surface area contributed by atoms with Crippen molar-refractivity contribution in [2.75, 3.05) is 5.32 Å². The number of amidine groups is 1. The number of nitrogens with zero attached hydrogens (tertiary/aromatic N) is 3. The Morgan fingerprint density at radius 3 is 2.96 bits per heavy atom. The lowest BCUT2D eigenvalue weighted by Gasteiger charge is -2.05. The van der Waals surface area contributed by atoms with Crippen molar-refractivity contribution in [2.24, 2.45) is 4.99 Å². The van der Waals surface area contributed by atoms with Gasteiger partial charge in [0.15, 0.2) is 0 Å². The van der Waals surface area contributed by atoms with Crippen LogP contribution in [0.5, 0.6) is 0 Å². The molecule has 0 spiro atoms. The van der Waals surface area contributed by atoms with Crippen LogP contribution >= 0.6 is 11.3 Å². The van der Waals surface area contributed by atoms with Gasteiger partial charge in [-0.05, 0) is 25.3 Å². The predicted octanol–water partition coefficient (Wildman–Crippen LogP) is 3.12. The van der Waals surface area contributed by atoms with Gasteiger partial charge in [-0.2, -0.15) is 0 Å². The number of aryl methyl sites for hydroxylation is 1. The van der Waals surface area contributed by atoms with Gasteiger partial charge in [-0.1, -0.05) is 24.5 Å². The summed E-state index contributed by atoms with van der Waals surface area (Å²) in [7, 11) is 0. The maximum absolute atomic E-state index is 12.1. The van der Waals surface area contributed by atoms with E-state index in [0.29, 0.717) is 10.8 Å². The molecule has 6 nitrogen and oxygen atoms in total. The second-order valence-corrected chi connectivity index (χ2v) is 5.51. The lowest BCUT2D eigenvalue weighted by atomic mass is 10.3. The van der Waals surface area contributed by atoms with Gasteiger partial charge < -0.3 is 10.6 Å².